The van der Waals surface area contributed by atoms with Gasteiger partial charge in [-0.2, -0.15) is 0 Å². The van der Waals surface area contributed by atoms with Gasteiger partial charge in [0.2, 0.25) is 0 Å². The fourth-order valence-corrected chi connectivity index (χ4v) is 1.02. The number of hydrogen-bond acceptors (Lipinski definition) is 3. The number of alkyl halides is 1. The fourth-order valence-electron chi connectivity index (χ4n) is 0.734. The minimum Gasteiger partial charge on any atom is -0.495 e. The number of Topliss-reactive ketones (excluding diaryl/α,β-unsaturated/α-hetero) is 1. The standard InChI is InChI=1S/C8H8BrNO2/c1-12-6-2-3-7(10-5-6)8(11)4-9/h2-3,5H,4H2,1H3. The van der Waals surface area contributed by atoms with Crippen LogP contribution in [0.4, 0.5) is 0 Å². The van der Waals surface area contributed by atoms with Gasteiger partial charge in [-0.05, 0) is 12.1 Å². The molecule has 12 heavy (non-hydrogen) atoms. The molecule has 0 aliphatic carbocycles. The summed E-state index contributed by atoms with van der Waals surface area (Å²) in [4.78, 5) is 15.0. The molecule has 0 aliphatic rings. The molecule has 3 nitrogen and oxygen atoms in total. The van der Waals surface area contributed by atoms with Crippen molar-refractivity contribution in [2.75, 3.05) is 12.4 Å². The van der Waals surface area contributed by atoms with Crippen LogP contribution < -0.4 is 4.74 Å². The Labute approximate surface area is 78.9 Å². The molecule has 0 atom stereocenters. The second-order valence-electron chi connectivity index (χ2n) is 2.14. The molecule has 1 heterocycles. The van der Waals surface area contributed by atoms with Crippen molar-refractivity contribution in [3.8, 4) is 5.75 Å². The maximum atomic E-state index is 11.1. The van der Waals surface area contributed by atoms with E-state index in [0.717, 1.165) is 0 Å². The average molecular weight is 230 g/mol. The van der Waals surface area contributed by atoms with E-state index in [1.807, 2.05) is 0 Å². The highest BCUT2D eigenvalue weighted by atomic mass is 79.9. The lowest BCUT2D eigenvalue weighted by Crippen LogP contribution is -2.02. The summed E-state index contributed by atoms with van der Waals surface area (Å²) < 4.78 is 4.90. The van der Waals surface area contributed by atoms with Crippen molar-refractivity contribution in [2.24, 2.45) is 0 Å². The molecule has 0 fully saturated rings. The molecule has 0 unspecified atom stereocenters. The summed E-state index contributed by atoms with van der Waals surface area (Å²) in [6.07, 6.45) is 1.52. The van der Waals surface area contributed by atoms with Gasteiger partial charge in [0.15, 0.2) is 5.78 Å². The highest BCUT2D eigenvalue weighted by Crippen LogP contribution is 2.08. The predicted octanol–water partition coefficient (Wildman–Crippen LogP) is 1.67. The zero-order valence-corrected chi connectivity index (χ0v) is 8.17. The summed E-state index contributed by atoms with van der Waals surface area (Å²) in [5.74, 6) is 0.624. The summed E-state index contributed by atoms with van der Waals surface area (Å²) in [6, 6.07) is 3.35. The van der Waals surface area contributed by atoms with Crippen molar-refractivity contribution in [2.45, 2.75) is 0 Å². The maximum absolute atomic E-state index is 11.1. The van der Waals surface area contributed by atoms with E-state index in [1.54, 1.807) is 19.2 Å². The van der Waals surface area contributed by atoms with Crippen molar-refractivity contribution >= 4 is 21.7 Å². The van der Waals surface area contributed by atoms with E-state index in [0.29, 0.717) is 16.8 Å². The van der Waals surface area contributed by atoms with E-state index in [4.69, 9.17) is 4.74 Å². The largest absolute Gasteiger partial charge is 0.495 e. The van der Waals surface area contributed by atoms with Crippen LogP contribution in [-0.4, -0.2) is 23.2 Å². The number of pyridine rings is 1. The van der Waals surface area contributed by atoms with Gasteiger partial charge in [0.1, 0.15) is 11.4 Å². The molecule has 1 aromatic heterocycles. The minimum absolute atomic E-state index is 0.0300. The number of nitrogens with zero attached hydrogens (tertiary/aromatic N) is 1. The van der Waals surface area contributed by atoms with Crippen LogP contribution in [0.25, 0.3) is 0 Å². The Morgan fingerprint density at radius 1 is 1.67 bits per heavy atom. The van der Waals surface area contributed by atoms with Gasteiger partial charge in [-0.3, -0.25) is 4.79 Å². The molecular weight excluding hydrogens is 222 g/mol. The topological polar surface area (TPSA) is 39.2 Å². The van der Waals surface area contributed by atoms with E-state index < -0.39 is 0 Å². The van der Waals surface area contributed by atoms with Crippen LogP contribution in [-0.2, 0) is 0 Å². The number of hydrogen-bond donors (Lipinski definition) is 0. The summed E-state index contributed by atoms with van der Waals surface area (Å²) in [6.45, 7) is 0. The Hall–Kier alpha value is -0.900. The van der Waals surface area contributed by atoms with Crippen LogP contribution in [0.15, 0.2) is 18.3 Å². The van der Waals surface area contributed by atoms with Crippen molar-refractivity contribution in [3.63, 3.8) is 0 Å². The zero-order valence-electron chi connectivity index (χ0n) is 6.58. The molecule has 0 radical (unpaired) electrons. The summed E-state index contributed by atoms with van der Waals surface area (Å²) >= 11 is 3.07. The van der Waals surface area contributed by atoms with Gasteiger partial charge in [0.05, 0.1) is 18.6 Å². The number of ether oxygens (including phenoxy) is 1. The first kappa shape index (κ1) is 9.19. The van der Waals surface area contributed by atoms with Crippen LogP contribution in [0.2, 0.25) is 0 Å². The van der Waals surface area contributed by atoms with E-state index in [2.05, 4.69) is 20.9 Å². The van der Waals surface area contributed by atoms with Crippen LogP contribution in [0.5, 0.6) is 5.75 Å². The molecule has 0 spiro atoms. The van der Waals surface area contributed by atoms with Crippen molar-refractivity contribution < 1.29 is 9.53 Å². The Kier molecular flexibility index (Phi) is 3.22. The lowest BCUT2D eigenvalue weighted by atomic mass is 10.3. The molecular formula is C8H8BrNO2. The molecule has 0 saturated heterocycles. The molecule has 0 aliphatic heterocycles. The van der Waals surface area contributed by atoms with Crippen LogP contribution in [0.1, 0.15) is 10.5 Å². The third kappa shape index (κ3) is 2.04. The van der Waals surface area contributed by atoms with Gasteiger partial charge >= 0.3 is 0 Å². The van der Waals surface area contributed by atoms with Crippen molar-refractivity contribution in [1.82, 2.24) is 4.98 Å². The molecule has 0 bridgehead atoms. The number of aromatic nitrogens is 1. The number of halogens is 1. The fraction of sp³-hybridized carbons (Fsp3) is 0.250. The third-order valence-corrected chi connectivity index (χ3v) is 1.89. The lowest BCUT2D eigenvalue weighted by molar-refractivity contribution is 0.101. The first-order chi connectivity index (χ1) is 5.77. The zero-order chi connectivity index (χ0) is 8.97. The van der Waals surface area contributed by atoms with E-state index in [-0.39, 0.29) is 5.78 Å². The Morgan fingerprint density at radius 3 is 2.83 bits per heavy atom. The number of rotatable bonds is 3. The quantitative estimate of drug-likeness (QED) is 0.585. The van der Waals surface area contributed by atoms with E-state index in [1.165, 1.54) is 6.20 Å². The molecule has 64 valence electrons. The normalized spacial score (nSPS) is 9.50. The molecule has 0 aromatic carbocycles. The molecule has 0 amide bonds. The summed E-state index contributed by atoms with van der Waals surface area (Å²) in [5.41, 5.74) is 0.452. The molecule has 0 saturated carbocycles. The molecule has 1 rings (SSSR count). The SMILES string of the molecule is COc1ccc(C(=O)CBr)nc1. The average Bonchev–Trinajstić information content (AvgIpc) is 2.17. The van der Waals surface area contributed by atoms with E-state index in [9.17, 15) is 4.79 Å². The van der Waals surface area contributed by atoms with Crippen LogP contribution >= 0.6 is 15.9 Å². The van der Waals surface area contributed by atoms with Crippen LogP contribution in [0, 0.1) is 0 Å². The monoisotopic (exact) mass is 229 g/mol. The smallest absolute Gasteiger partial charge is 0.191 e. The first-order valence-electron chi connectivity index (χ1n) is 3.37. The van der Waals surface area contributed by atoms with Gasteiger partial charge in [0, 0.05) is 0 Å². The Balaban J connectivity index is 2.84. The van der Waals surface area contributed by atoms with Crippen molar-refractivity contribution in [1.29, 1.82) is 0 Å². The van der Waals surface area contributed by atoms with Gasteiger partial charge < -0.3 is 4.74 Å². The van der Waals surface area contributed by atoms with E-state index >= 15 is 0 Å². The minimum atomic E-state index is -0.0300. The highest BCUT2D eigenvalue weighted by Gasteiger charge is 2.04. The van der Waals surface area contributed by atoms with Gasteiger partial charge in [0.25, 0.3) is 0 Å². The second kappa shape index (κ2) is 4.21. The maximum Gasteiger partial charge on any atom is 0.191 e. The summed E-state index contributed by atoms with van der Waals surface area (Å²) in [7, 11) is 1.56. The number of carbonyl (C=O) groups excluding carboxylic acids is 1. The van der Waals surface area contributed by atoms with Crippen molar-refractivity contribution in [3.05, 3.63) is 24.0 Å². The predicted molar refractivity (Wildman–Crippen MR) is 48.9 cm³/mol. The number of methoxy groups -OCH3 is 1. The Morgan fingerprint density at radius 2 is 2.42 bits per heavy atom. The molecule has 0 N–H and O–H groups in total. The number of carbonyl (C=O) groups is 1. The Bertz CT molecular complexity index is 271. The molecule has 4 heteroatoms. The first-order valence-corrected chi connectivity index (χ1v) is 4.49. The molecule has 1 aromatic rings. The number of ketones is 1. The van der Waals surface area contributed by atoms with Crippen LogP contribution in [0.3, 0.4) is 0 Å². The third-order valence-electron chi connectivity index (χ3n) is 1.38. The second-order valence-corrected chi connectivity index (χ2v) is 2.70. The lowest BCUT2D eigenvalue weighted by Gasteiger charge is -1.99. The van der Waals surface area contributed by atoms with Gasteiger partial charge in [-0.15, -0.1) is 0 Å². The van der Waals surface area contributed by atoms with Gasteiger partial charge in [-0.25, -0.2) is 4.98 Å². The van der Waals surface area contributed by atoms with Gasteiger partial charge in [-0.1, -0.05) is 15.9 Å². The highest BCUT2D eigenvalue weighted by molar-refractivity contribution is 9.09. The summed E-state index contributed by atoms with van der Waals surface area (Å²) in [5, 5.41) is 0.298.